The Hall–Kier alpha value is -1.24. The lowest BCUT2D eigenvalue weighted by atomic mass is 10.2. The van der Waals surface area contributed by atoms with Crippen LogP contribution in [0.1, 0.15) is 19.3 Å². The molecule has 0 saturated carbocycles. The Bertz CT molecular complexity index is 328. The van der Waals surface area contributed by atoms with Gasteiger partial charge >= 0.3 is 6.01 Å². The minimum Gasteiger partial charge on any atom is -0.467 e. The molecule has 7 heteroatoms. The van der Waals surface area contributed by atoms with Crippen molar-refractivity contribution in [2.75, 3.05) is 43.3 Å². The molecule has 0 aromatic carbocycles. The molecule has 0 aliphatic rings. The third kappa shape index (κ3) is 5.39. The lowest BCUT2D eigenvalue weighted by Crippen LogP contribution is -2.09. The minimum absolute atomic E-state index is 0.319. The summed E-state index contributed by atoms with van der Waals surface area (Å²) in [6.07, 6.45) is 5.72. The van der Waals surface area contributed by atoms with Crippen LogP contribution in [0, 0.1) is 0 Å². The minimum atomic E-state index is 0.319. The topological polar surface area (TPSA) is 72.0 Å². The maximum absolute atomic E-state index is 5.01. The van der Waals surface area contributed by atoms with E-state index in [4.69, 9.17) is 4.74 Å². The molecule has 1 heterocycles. The zero-order chi connectivity index (χ0) is 13.2. The fourth-order valence-electron chi connectivity index (χ4n) is 1.39. The maximum Gasteiger partial charge on any atom is 0.322 e. The van der Waals surface area contributed by atoms with E-state index in [2.05, 4.69) is 31.8 Å². The largest absolute Gasteiger partial charge is 0.467 e. The van der Waals surface area contributed by atoms with Gasteiger partial charge in [-0.05, 0) is 24.9 Å². The molecule has 1 rings (SSSR count). The van der Waals surface area contributed by atoms with Crippen molar-refractivity contribution in [2.45, 2.75) is 19.3 Å². The molecule has 1 aromatic heterocycles. The van der Waals surface area contributed by atoms with Crippen LogP contribution in [0.5, 0.6) is 6.01 Å². The van der Waals surface area contributed by atoms with Gasteiger partial charge in [-0.2, -0.15) is 26.7 Å². The van der Waals surface area contributed by atoms with Gasteiger partial charge in [-0.1, -0.05) is 6.42 Å². The smallest absolute Gasteiger partial charge is 0.322 e. The number of nitrogens with zero attached hydrogens (tertiary/aromatic N) is 3. The summed E-state index contributed by atoms with van der Waals surface area (Å²) < 4.78 is 5.01. The fraction of sp³-hybridized carbons (Fsp3) is 0.727. The van der Waals surface area contributed by atoms with Crippen LogP contribution in [0.15, 0.2) is 0 Å². The summed E-state index contributed by atoms with van der Waals surface area (Å²) in [6.45, 7) is 0.866. The van der Waals surface area contributed by atoms with Crippen molar-refractivity contribution in [3.8, 4) is 6.01 Å². The lowest BCUT2D eigenvalue weighted by Gasteiger charge is -2.07. The molecule has 1 aromatic rings. The Morgan fingerprint density at radius 3 is 2.56 bits per heavy atom. The predicted octanol–water partition coefficient (Wildman–Crippen LogP) is 1.87. The summed E-state index contributed by atoms with van der Waals surface area (Å²) >= 11 is 1.89. The highest BCUT2D eigenvalue weighted by molar-refractivity contribution is 7.98. The molecule has 0 bridgehead atoms. The predicted molar refractivity (Wildman–Crippen MR) is 76.6 cm³/mol. The summed E-state index contributed by atoms with van der Waals surface area (Å²) in [6, 6.07) is 0.319. The average Bonchev–Trinajstić information content (AvgIpc) is 2.42. The van der Waals surface area contributed by atoms with Crippen molar-refractivity contribution in [1.29, 1.82) is 0 Å². The number of nitrogens with one attached hydrogen (secondary N) is 2. The van der Waals surface area contributed by atoms with E-state index >= 15 is 0 Å². The van der Waals surface area contributed by atoms with Gasteiger partial charge in [0.25, 0.3) is 0 Å². The molecule has 0 atom stereocenters. The fourth-order valence-corrected chi connectivity index (χ4v) is 1.88. The van der Waals surface area contributed by atoms with Crippen LogP contribution in [-0.4, -0.2) is 47.7 Å². The Kier molecular flexibility index (Phi) is 7.24. The highest BCUT2D eigenvalue weighted by Gasteiger charge is 2.04. The Balaban J connectivity index is 2.36. The van der Waals surface area contributed by atoms with Gasteiger partial charge in [0.15, 0.2) is 0 Å². The number of unbranched alkanes of at least 4 members (excludes halogenated alkanes) is 2. The molecule has 18 heavy (non-hydrogen) atoms. The number of methoxy groups -OCH3 is 1. The second-order valence-electron chi connectivity index (χ2n) is 3.70. The third-order valence-electron chi connectivity index (χ3n) is 2.33. The molecule has 0 saturated heterocycles. The van der Waals surface area contributed by atoms with Crippen LogP contribution in [0.4, 0.5) is 11.9 Å². The molecule has 0 aliphatic carbocycles. The highest BCUT2D eigenvalue weighted by Crippen LogP contribution is 2.10. The number of thioether (sulfide) groups is 1. The second kappa shape index (κ2) is 8.79. The molecule has 0 spiro atoms. The quantitative estimate of drug-likeness (QED) is 0.664. The molecule has 0 amide bonds. The second-order valence-corrected chi connectivity index (χ2v) is 4.69. The van der Waals surface area contributed by atoms with Crippen LogP contribution in [0.2, 0.25) is 0 Å². The zero-order valence-electron chi connectivity index (χ0n) is 11.2. The molecular formula is C11H21N5OS. The lowest BCUT2D eigenvalue weighted by molar-refractivity contribution is 0.379. The molecule has 6 nitrogen and oxygen atoms in total. The number of hydrogen-bond donors (Lipinski definition) is 2. The first-order valence-electron chi connectivity index (χ1n) is 6.00. The van der Waals surface area contributed by atoms with Crippen LogP contribution in [-0.2, 0) is 0 Å². The average molecular weight is 271 g/mol. The van der Waals surface area contributed by atoms with Crippen molar-refractivity contribution in [3.05, 3.63) is 0 Å². The number of hydrogen-bond acceptors (Lipinski definition) is 7. The van der Waals surface area contributed by atoms with E-state index in [1.165, 1.54) is 18.6 Å². The summed E-state index contributed by atoms with van der Waals surface area (Å²) in [5.41, 5.74) is 0. The number of rotatable bonds is 9. The van der Waals surface area contributed by atoms with Crippen LogP contribution < -0.4 is 15.4 Å². The van der Waals surface area contributed by atoms with Gasteiger partial charge in [-0.15, -0.1) is 0 Å². The third-order valence-corrected chi connectivity index (χ3v) is 3.03. The van der Waals surface area contributed by atoms with Crippen molar-refractivity contribution in [1.82, 2.24) is 15.0 Å². The van der Waals surface area contributed by atoms with Gasteiger partial charge < -0.3 is 15.4 Å². The van der Waals surface area contributed by atoms with Crippen LogP contribution in [0.3, 0.4) is 0 Å². The van der Waals surface area contributed by atoms with E-state index in [-0.39, 0.29) is 0 Å². The van der Waals surface area contributed by atoms with Gasteiger partial charge in [0.05, 0.1) is 7.11 Å². The van der Waals surface area contributed by atoms with E-state index in [1.54, 1.807) is 14.2 Å². The standard InChI is InChI=1S/C11H21N5OS/c1-12-9-14-10(16-11(15-9)17-2)13-7-5-4-6-8-18-3/h4-8H2,1-3H3,(H2,12,13,14,15,16). The van der Waals surface area contributed by atoms with Crippen molar-refractivity contribution in [2.24, 2.45) is 0 Å². The van der Waals surface area contributed by atoms with E-state index in [1.807, 2.05) is 11.8 Å². The number of aromatic nitrogens is 3. The zero-order valence-corrected chi connectivity index (χ0v) is 12.0. The van der Waals surface area contributed by atoms with Gasteiger partial charge in [-0.25, -0.2) is 0 Å². The summed E-state index contributed by atoms with van der Waals surface area (Å²) in [5.74, 6) is 2.28. The molecule has 2 N–H and O–H groups in total. The summed E-state index contributed by atoms with van der Waals surface area (Å²) in [4.78, 5) is 12.4. The Morgan fingerprint density at radius 2 is 1.89 bits per heavy atom. The van der Waals surface area contributed by atoms with Gasteiger partial charge in [0, 0.05) is 13.6 Å². The maximum atomic E-state index is 5.01. The van der Waals surface area contributed by atoms with E-state index in [0.29, 0.717) is 17.9 Å². The molecule has 0 unspecified atom stereocenters. The summed E-state index contributed by atoms with van der Waals surface area (Å²) in [5, 5.41) is 6.06. The molecule has 0 radical (unpaired) electrons. The molecule has 0 fully saturated rings. The van der Waals surface area contributed by atoms with Gasteiger partial charge in [0.2, 0.25) is 11.9 Å². The highest BCUT2D eigenvalue weighted by atomic mass is 32.2. The van der Waals surface area contributed by atoms with Gasteiger partial charge in [-0.3, -0.25) is 0 Å². The first kappa shape index (κ1) is 14.8. The van der Waals surface area contributed by atoms with Crippen molar-refractivity contribution in [3.63, 3.8) is 0 Å². The van der Waals surface area contributed by atoms with Crippen molar-refractivity contribution >= 4 is 23.7 Å². The first-order valence-corrected chi connectivity index (χ1v) is 7.40. The number of anilines is 2. The van der Waals surface area contributed by atoms with E-state index in [9.17, 15) is 0 Å². The molecule has 102 valence electrons. The molecule has 0 aliphatic heterocycles. The normalized spacial score (nSPS) is 10.2. The summed E-state index contributed by atoms with van der Waals surface area (Å²) in [7, 11) is 3.31. The van der Waals surface area contributed by atoms with Crippen LogP contribution in [0.25, 0.3) is 0 Å². The van der Waals surface area contributed by atoms with Crippen LogP contribution >= 0.6 is 11.8 Å². The first-order chi connectivity index (χ1) is 8.80. The molecular weight excluding hydrogens is 250 g/mol. The Labute approximate surface area is 112 Å². The van der Waals surface area contributed by atoms with Crippen molar-refractivity contribution < 1.29 is 4.74 Å². The Morgan fingerprint density at radius 1 is 1.11 bits per heavy atom. The van der Waals surface area contributed by atoms with Gasteiger partial charge in [0.1, 0.15) is 0 Å². The van der Waals surface area contributed by atoms with E-state index < -0.39 is 0 Å². The number of ether oxygens (including phenoxy) is 1. The van der Waals surface area contributed by atoms with E-state index in [0.717, 1.165) is 13.0 Å². The SMILES string of the molecule is CNc1nc(NCCCCCSC)nc(OC)n1. The monoisotopic (exact) mass is 271 g/mol.